The molecule has 1 spiro atoms. The van der Waals surface area contributed by atoms with Gasteiger partial charge in [-0.2, -0.15) is 0 Å². The molecular formula is C20H21F2N5. The number of nitrogens with one attached hydrogen (secondary N) is 2. The molecule has 140 valence electrons. The Morgan fingerprint density at radius 3 is 2.85 bits per heavy atom. The Labute approximate surface area is 155 Å². The molecular weight excluding hydrogens is 348 g/mol. The maximum absolute atomic E-state index is 13.1. The number of imidazole rings is 1. The summed E-state index contributed by atoms with van der Waals surface area (Å²) in [4.78, 5) is 9.04. The normalized spacial score (nSPS) is 21.1. The van der Waals surface area contributed by atoms with Crippen molar-refractivity contribution >= 4 is 11.5 Å². The van der Waals surface area contributed by atoms with Gasteiger partial charge in [0.25, 0.3) is 6.43 Å². The molecule has 5 rings (SSSR count). The van der Waals surface area contributed by atoms with Crippen molar-refractivity contribution in [2.24, 2.45) is 5.41 Å². The zero-order valence-corrected chi connectivity index (χ0v) is 14.8. The zero-order valence-electron chi connectivity index (χ0n) is 14.8. The highest BCUT2D eigenvalue weighted by atomic mass is 19.3. The maximum Gasteiger partial charge on any atom is 0.265 e. The minimum Gasteiger partial charge on any atom is -0.367 e. The predicted molar refractivity (Wildman–Crippen MR) is 99.9 cm³/mol. The number of aromatic nitrogens is 3. The Hall–Kier alpha value is -2.54. The number of hydrogen-bond acceptors (Lipinski definition) is 4. The molecule has 2 aliphatic rings. The summed E-state index contributed by atoms with van der Waals surface area (Å²) >= 11 is 0. The number of hydrogen-bond donors (Lipinski definition) is 2. The number of rotatable bonds is 4. The number of anilines is 1. The second-order valence-electron chi connectivity index (χ2n) is 7.73. The lowest BCUT2D eigenvalue weighted by Gasteiger charge is -2.39. The van der Waals surface area contributed by atoms with E-state index in [0.29, 0.717) is 22.8 Å². The van der Waals surface area contributed by atoms with Crippen molar-refractivity contribution in [3.63, 3.8) is 0 Å². The Balaban J connectivity index is 1.42. The van der Waals surface area contributed by atoms with Gasteiger partial charge in [0.05, 0.1) is 17.6 Å². The molecule has 1 aliphatic heterocycles. The van der Waals surface area contributed by atoms with Crippen LogP contribution in [0.15, 0.2) is 42.7 Å². The molecule has 0 bridgehead atoms. The highest BCUT2D eigenvalue weighted by Crippen LogP contribution is 2.42. The van der Waals surface area contributed by atoms with Gasteiger partial charge in [0.2, 0.25) is 0 Å². The third-order valence-electron chi connectivity index (χ3n) is 5.85. The van der Waals surface area contributed by atoms with Crippen molar-refractivity contribution in [2.45, 2.75) is 31.7 Å². The van der Waals surface area contributed by atoms with Crippen molar-refractivity contribution in [3.05, 3.63) is 48.3 Å². The average Bonchev–Trinajstić information content (AvgIpc) is 3.25. The van der Waals surface area contributed by atoms with Crippen molar-refractivity contribution in [1.29, 1.82) is 0 Å². The minimum absolute atomic E-state index is 0.0265. The molecule has 1 atom stereocenters. The highest BCUT2D eigenvalue weighted by molar-refractivity contribution is 5.62. The average molecular weight is 369 g/mol. The first kappa shape index (κ1) is 16.6. The Bertz CT molecular complexity index is 979. The molecule has 2 fully saturated rings. The number of nitrogens with zero attached hydrogens (tertiary/aromatic N) is 3. The van der Waals surface area contributed by atoms with Crippen LogP contribution in [0.25, 0.3) is 17.0 Å². The monoisotopic (exact) mass is 369 g/mol. The molecule has 1 aliphatic carbocycles. The summed E-state index contributed by atoms with van der Waals surface area (Å²) in [5.74, 6) is 0.821. The zero-order chi connectivity index (χ0) is 18.4. The number of pyridine rings is 2. The predicted octanol–water partition coefficient (Wildman–Crippen LogP) is 3.89. The molecule has 5 nitrogen and oxygen atoms in total. The van der Waals surface area contributed by atoms with E-state index in [-0.39, 0.29) is 5.56 Å². The fourth-order valence-electron chi connectivity index (χ4n) is 4.31. The Morgan fingerprint density at radius 2 is 2.11 bits per heavy atom. The van der Waals surface area contributed by atoms with E-state index in [4.69, 9.17) is 4.98 Å². The SMILES string of the molecule is FC(F)c1ccc2ncc(-c3cccc(NC4CCC5(CNC5)C4)n3)n2c1. The molecule has 1 saturated carbocycles. The second kappa shape index (κ2) is 6.27. The van der Waals surface area contributed by atoms with Crippen molar-refractivity contribution in [1.82, 2.24) is 19.7 Å². The van der Waals surface area contributed by atoms with E-state index < -0.39 is 6.43 Å². The first-order valence-corrected chi connectivity index (χ1v) is 9.32. The quantitative estimate of drug-likeness (QED) is 0.733. The first-order valence-electron chi connectivity index (χ1n) is 9.32. The molecule has 3 aromatic rings. The molecule has 27 heavy (non-hydrogen) atoms. The number of alkyl halides is 2. The second-order valence-corrected chi connectivity index (χ2v) is 7.73. The molecule has 0 amide bonds. The van der Waals surface area contributed by atoms with Crippen molar-refractivity contribution in [2.75, 3.05) is 18.4 Å². The summed E-state index contributed by atoms with van der Waals surface area (Å²) in [5, 5.41) is 6.93. The molecule has 1 unspecified atom stereocenters. The Kier molecular flexibility index (Phi) is 3.86. The van der Waals surface area contributed by atoms with Gasteiger partial charge < -0.3 is 10.6 Å². The number of fused-ring (bicyclic) bond motifs is 1. The summed E-state index contributed by atoms with van der Waals surface area (Å²) in [6, 6.07) is 9.24. The highest BCUT2D eigenvalue weighted by Gasteiger charge is 2.43. The molecule has 0 aromatic carbocycles. The van der Waals surface area contributed by atoms with Crippen LogP contribution >= 0.6 is 0 Å². The van der Waals surface area contributed by atoms with E-state index in [9.17, 15) is 8.78 Å². The standard InChI is InChI=1S/C20H21F2N5/c21-19(22)13-4-5-18-24-9-16(27(18)10-13)15-2-1-3-17(26-15)25-14-6-7-20(8-14)11-23-12-20/h1-5,9-10,14,19,23H,6-8,11-12H2,(H,25,26). The topological polar surface area (TPSA) is 54.2 Å². The summed E-state index contributed by atoms with van der Waals surface area (Å²) in [6.45, 7) is 2.24. The van der Waals surface area contributed by atoms with Crippen LogP contribution in [0.3, 0.4) is 0 Å². The van der Waals surface area contributed by atoms with Crippen LogP contribution in [0.5, 0.6) is 0 Å². The lowest BCUT2D eigenvalue weighted by Crippen LogP contribution is -2.52. The van der Waals surface area contributed by atoms with Crippen LogP contribution in [0, 0.1) is 5.41 Å². The van der Waals surface area contributed by atoms with E-state index in [2.05, 4.69) is 15.6 Å². The third-order valence-corrected chi connectivity index (χ3v) is 5.85. The van der Waals surface area contributed by atoms with Gasteiger partial charge in [-0.3, -0.25) is 4.40 Å². The van der Waals surface area contributed by atoms with Crippen molar-refractivity contribution in [3.8, 4) is 11.4 Å². The van der Waals surface area contributed by atoms with Gasteiger partial charge in [-0.1, -0.05) is 6.07 Å². The molecule has 2 N–H and O–H groups in total. The Morgan fingerprint density at radius 1 is 1.22 bits per heavy atom. The lowest BCUT2D eigenvalue weighted by atomic mass is 9.80. The lowest BCUT2D eigenvalue weighted by molar-refractivity contribution is 0.151. The van der Waals surface area contributed by atoms with Gasteiger partial charge in [0, 0.05) is 30.9 Å². The van der Waals surface area contributed by atoms with E-state index in [0.717, 1.165) is 31.0 Å². The third kappa shape index (κ3) is 2.96. The fraction of sp³-hybridized carbons (Fsp3) is 0.400. The van der Waals surface area contributed by atoms with Crippen LogP contribution in [-0.4, -0.2) is 33.5 Å². The number of halogens is 2. The summed E-state index contributed by atoms with van der Waals surface area (Å²) in [7, 11) is 0. The van der Waals surface area contributed by atoms with Crippen molar-refractivity contribution < 1.29 is 8.78 Å². The van der Waals surface area contributed by atoms with Gasteiger partial charge in [-0.25, -0.2) is 18.7 Å². The summed E-state index contributed by atoms with van der Waals surface area (Å²) in [6.07, 6.45) is 4.18. The summed E-state index contributed by atoms with van der Waals surface area (Å²) < 4.78 is 27.8. The molecule has 0 radical (unpaired) electrons. The van der Waals surface area contributed by atoms with E-state index in [1.165, 1.54) is 25.1 Å². The fourth-order valence-corrected chi connectivity index (χ4v) is 4.31. The van der Waals surface area contributed by atoms with Gasteiger partial charge in [-0.05, 0) is 48.9 Å². The van der Waals surface area contributed by atoms with Crippen LogP contribution in [0.2, 0.25) is 0 Å². The van der Waals surface area contributed by atoms with Crippen LogP contribution in [0.4, 0.5) is 14.6 Å². The molecule has 4 heterocycles. The minimum atomic E-state index is -2.51. The summed E-state index contributed by atoms with van der Waals surface area (Å²) in [5.41, 5.74) is 2.51. The van der Waals surface area contributed by atoms with Gasteiger partial charge >= 0.3 is 0 Å². The van der Waals surface area contributed by atoms with Crippen LogP contribution < -0.4 is 10.6 Å². The van der Waals surface area contributed by atoms with Crippen LogP contribution in [0.1, 0.15) is 31.3 Å². The van der Waals surface area contributed by atoms with Gasteiger partial charge in [-0.15, -0.1) is 0 Å². The smallest absolute Gasteiger partial charge is 0.265 e. The van der Waals surface area contributed by atoms with E-state index in [1.54, 1.807) is 16.7 Å². The van der Waals surface area contributed by atoms with E-state index in [1.807, 2.05) is 18.2 Å². The molecule has 3 aromatic heterocycles. The largest absolute Gasteiger partial charge is 0.367 e. The molecule has 7 heteroatoms. The van der Waals surface area contributed by atoms with Crippen LogP contribution in [-0.2, 0) is 0 Å². The maximum atomic E-state index is 13.1. The van der Waals surface area contributed by atoms with E-state index >= 15 is 0 Å². The first-order chi connectivity index (χ1) is 13.1. The molecule has 1 saturated heterocycles. The van der Waals surface area contributed by atoms with Gasteiger partial charge in [0.1, 0.15) is 11.5 Å². The van der Waals surface area contributed by atoms with Gasteiger partial charge in [0.15, 0.2) is 0 Å².